The number of hydrogen-bond acceptors (Lipinski definition) is 2. The third kappa shape index (κ3) is 3.44. The Balaban J connectivity index is 2.32. The normalized spacial score (nSPS) is 11.4. The number of carbonyl (C=O) groups excluding carboxylic acids is 1. The molecule has 0 saturated heterocycles. The van der Waals surface area contributed by atoms with Crippen LogP contribution in [0.3, 0.4) is 0 Å². The first-order chi connectivity index (χ1) is 9.28. The van der Waals surface area contributed by atoms with Gasteiger partial charge in [0.05, 0.1) is 5.69 Å². The Morgan fingerprint density at radius 3 is 2.55 bits per heavy atom. The summed E-state index contributed by atoms with van der Waals surface area (Å²) in [5.41, 5.74) is 0.116. The third-order valence-electron chi connectivity index (χ3n) is 2.58. The van der Waals surface area contributed by atoms with Gasteiger partial charge < -0.3 is 4.74 Å². The maximum absolute atomic E-state index is 11.8. The molecule has 0 aliphatic carbocycles. The van der Waals surface area contributed by atoms with Gasteiger partial charge in [0.15, 0.2) is 0 Å². The van der Waals surface area contributed by atoms with E-state index in [0.29, 0.717) is 10.7 Å². The van der Waals surface area contributed by atoms with Gasteiger partial charge in [-0.15, -0.1) is 0 Å². The van der Waals surface area contributed by atoms with Gasteiger partial charge in [0.1, 0.15) is 5.60 Å². The number of benzene rings is 2. The van der Waals surface area contributed by atoms with E-state index in [2.05, 4.69) is 21.2 Å². The van der Waals surface area contributed by atoms with Crippen LogP contribution in [0.4, 0.5) is 10.5 Å². The van der Waals surface area contributed by atoms with E-state index in [1.54, 1.807) is 6.07 Å². The van der Waals surface area contributed by atoms with E-state index in [0.717, 1.165) is 15.2 Å². The summed E-state index contributed by atoms with van der Waals surface area (Å²) in [6, 6.07) is 9.30. The summed E-state index contributed by atoms with van der Waals surface area (Å²) in [7, 11) is 0. The Labute approximate surface area is 131 Å². The van der Waals surface area contributed by atoms with Crippen LogP contribution >= 0.6 is 27.5 Å². The van der Waals surface area contributed by atoms with Gasteiger partial charge in [0.25, 0.3) is 0 Å². The number of carbonyl (C=O) groups is 1. The van der Waals surface area contributed by atoms with E-state index in [9.17, 15) is 4.79 Å². The van der Waals surface area contributed by atoms with E-state index in [4.69, 9.17) is 16.3 Å². The average Bonchev–Trinajstić information content (AvgIpc) is 2.31. The Morgan fingerprint density at radius 2 is 1.90 bits per heavy atom. The molecular weight excluding hydrogens is 342 g/mol. The lowest BCUT2D eigenvalue weighted by Gasteiger charge is -2.20. The number of anilines is 1. The number of halogens is 2. The highest BCUT2D eigenvalue weighted by molar-refractivity contribution is 9.10. The molecule has 0 atom stereocenters. The molecule has 0 spiro atoms. The van der Waals surface area contributed by atoms with Crippen molar-refractivity contribution in [3.63, 3.8) is 0 Å². The summed E-state index contributed by atoms with van der Waals surface area (Å²) in [5.74, 6) is 0. The molecular formula is C15H15BrClNO2. The summed E-state index contributed by atoms with van der Waals surface area (Å²) in [4.78, 5) is 11.8. The van der Waals surface area contributed by atoms with Crippen molar-refractivity contribution < 1.29 is 9.53 Å². The van der Waals surface area contributed by atoms with Gasteiger partial charge >= 0.3 is 6.09 Å². The molecule has 1 N–H and O–H groups in total. The van der Waals surface area contributed by atoms with Crippen LogP contribution in [0.2, 0.25) is 5.02 Å². The van der Waals surface area contributed by atoms with Gasteiger partial charge in [0.2, 0.25) is 0 Å². The molecule has 5 heteroatoms. The zero-order chi connectivity index (χ0) is 14.9. The lowest BCUT2D eigenvalue weighted by atomic mass is 10.1. The maximum Gasteiger partial charge on any atom is 0.412 e. The van der Waals surface area contributed by atoms with E-state index < -0.39 is 11.7 Å². The molecule has 0 fully saturated rings. The fourth-order valence-corrected chi connectivity index (χ4v) is 2.61. The highest BCUT2D eigenvalue weighted by Crippen LogP contribution is 2.34. The first-order valence-electron chi connectivity index (χ1n) is 6.15. The van der Waals surface area contributed by atoms with Crippen molar-refractivity contribution in [1.29, 1.82) is 0 Å². The fourth-order valence-electron chi connectivity index (χ4n) is 1.79. The predicted octanol–water partition coefficient (Wildman–Crippen LogP) is 5.60. The molecule has 0 aromatic heterocycles. The Kier molecular flexibility index (Phi) is 4.25. The van der Waals surface area contributed by atoms with Gasteiger partial charge in [-0.25, -0.2) is 4.79 Å². The number of rotatable bonds is 1. The van der Waals surface area contributed by atoms with Crippen LogP contribution in [-0.4, -0.2) is 11.7 Å². The first-order valence-corrected chi connectivity index (χ1v) is 7.32. The number of amides is 1. The van der Waals surface area contributed by atoms with Crippen molar-refractivity contribution >= 4 is 50.1 Å². The predicted molar refractivity (Wildman–Crippen MR) is 86.5 cm³/mol. The number of ether oxygens (including phenoxy) is 1. The molecule has 2 aromatic rings. The van der Waals surface area contributed by atoms with Crippen LogP contribution in [0.25, 0.3) is 10.8 Å². The van der Waals surface area contributed by atoms with Gasteiger partial charge in [0, 0.05) is 14.9 Å². The second-order valence-electron chi connectivity index (χ2n) is 5.39. The van der Waals surface area contributed by atoms with Crippen molar-refractivity contribution in [2.24, 2.45) is 0 Å². The zero-order valence-corrected chi connectivity index (χ0v) is 13.8. The average molecular weight is 357 g/mol. The Morgan fingerprint density at radius 1 is 1.20 bits per heavy atom. The third-order valence-corrected chi connectivity index (χ3v) is 3.76. The smallest absolute Gasteiger partial charge is 0.412 e. The molecule has 0 heterocycles. The fraction of sp³-hybridized carbons (Fsp3) is 0.267. The molecule has 0 bridgehead atoms. The molecule has 0 aliphatic rings. The minimum atomic E-state index is -0.531. The SMILES string of the molecule is CC(C)(C)OC(=O)Nc1ccc2c(Cl)cccc2c1Br. The maximum atomic E-state index is 11.8. The summed E-state index contributed by atoms with van der Waals surface area (Å²) < 4.78 is 6.02. The van der Waals surface area contributed by atoms with Crippen molar-refractivity contribution in [3.05, 3.63) is 39.8 Å². The van der Waals surface area contributed by atoms with Crippen LogP contribution in [-0.2, 0) is 4.74 Å². The van der Waals surface area contributed by atoms with E-state index in [1.807, 2.05) is 45.0 Å². The minimum absolute atomic E-state index is 0.487. The molecule has 3 nitrogen and oxygen atoms in total. The van der Waals surface area contributed by atoms with Crippen molar-refractivity contribution in [1.82, 2.24) is 0 Å². The molecule has 0 saturated carbocycles. The zero-order valence-electron chi connectivity index (χ0n) is 11.5. The summed E-state index contributed by atoms with van der Waals surface area (Å²) >= 11 is 9.64. The lowest BCUT2D eigenvalue weighted by Crippen LogP contribution is -2.27. The number of hydrogen-bond donors (Lipinski definition) is 1. The molecule has 0 aliphatic heterocycles. The molecule has 2 rings (SSSR count). The largest absolute Gasteiger partial charge is 0.444 e. The standard InChI is InChI=1S/C15H15BrClNO2/c1-15(2,3)20-14(19)18-12-8-7-9-10(13(12)16)5-4-6-11(9)17/h4-8H,1-3H3,(H,18,19). The molecule has 0 unspecified atom stereocenters. The van der Waals surface area contributed by atoms with Gasteiger partial charge in [-0.2, -0.15) is 0 Å². The molecule has 0 radical (unpaired) electrons. The second kappa shape index (κ2) is 5.62. The van der Waals surface area contributed by atoms with Crippen LogP contribution in [0.15, 0.2) is 34.8 Å². The van der Waals surface area contributed by atoms with Gasteiger partial charge in [-0.1, -0.05) is 29.8 Å². The van der Waals surface area contributed by atoms with Crippen molar-refractivity contribution in [3.8, 4) is 0 Å². The van der Waals surface area contributed by atoms with Crippen LogP contribution in [0.1, 0.15) is 20.8 Å². The van der Waals surface area contributed by atoms with Gasteiger partial charge in [-0.05, 0) is 54.2 Å². The topological polar surface area (TPSA) is 38.3 Å². The number of fused-ring (bicyclic) bond motifs is 1. The second-order valence-corrected chi connectivity index (χ2v) is 6.59. The Bertz CT molecular complexity index is 665. The lowest BCUT2D eigenvalue weighted by molar-refractivity contribution is 0.0636. The summed E-state index contributed by atoms with van der Waals surface area (Å²) in [6.45, 7) is 5.46. The molecule has 106 valence electrons. The summed E-state index contributed by atoms with van der Waals surface area (Å²) in [6.07, 6.45) is -0.487. The molecule has 20 heavy (non-hydrogen) atoms. The highest BCUT2D eigenvalue weighted by atomic mass is 79.9. The first kappa shape index (κ1) is 15.1. The van der Waals surface area contributed by atoms with Crippen LogP contribution in [0.5, 0.6) is 0 Å². The quantitative estimate of drug-likeness (QED) is 0.722. The Hall–Kier alpha value is -1.26. The summed E-state index contributed by atoms with van der Waals surface area (Å²) in [5, 5.41) is 5.26. The van der Waals surface area contributed by atoms with E-state index in [-0.39, 0.29) is 0 Å². The van der Waals surface area contributed by atoms with Crippen molar-refractivity contribution in [2.75, 3.05) is 5.32 Å². The van der Waals surface area contributed by atoms with Crippen molar-refractivity contribution in [2.45, 2.75) is 26.4 Å². The number of nitrogens with one attached hydrogen (secondary N) is 1. The monoisotopic (exact) mass is 355 g/mol. The van der Waals surface area contributed by atoms with Crippen LogP contribution in [0, 0.1) is 0 Å². The highest BCUT2D eigenvalue weighted by Gasteiger charge is 2.17. The molecule has 2 aromatic carbocycles. The van der Waals surface area contributed by atoms with Crippen LogP contribution < -0.4 is 5.32 Å². The van der Waals surface area contributed by atoms with E-state index in [1.165, 1.54) is 0 Å². The van der Waals surface area contributed by atoms with Gasteiger partial charge in [-0.3, -0.25) is 5.32 Å². The van der Waals surface area contributed by atoms with E-state index >= 15 is 0 Å². The molecule has 1 amide bonds. The minimum Gasteiger partial charge on any atom is -0.444 e.